The minimum Gasteiger partial charge on any atom is -0.480 e. The molecule has 0 spiro atoms. The molecule has 5 rings (SSSR count). The number of imidazole rings is 1. The van der Waals surface area contributed by atoms with E-state index in [0.29, 0.717) is 5.52 Å². The molecule has 1 saturated heterocycles. The van der Waals surface area contributed by atoms with Crippen LogP contribution in [0.5, 0.6) is 5.88 Å². The van der Waals surface area contributed by atoms with Crippen LogP contribution in [0, 0.1) is 11.6 Å². The Morgan fingerprint density at radius 2 is 2.00 bits per heavy atom. The van der Waals surface area contributed by atoms with Crippen molar-refractivity contribution in [3.8, 4) is 17.1 Å². The lowest BCUT2D eigenvalue weighted by Crippen LogP contribution is -2.36. The smallest absolute Gasteiger partial charge is 0.272 e. The highest BCUT2D eigenvalue weighted by Crippen LogP contribution is 2.32. The zero-order valence-corrected chi connectivity index (χ0v) is 22.2. The maximum atomic E-state index is 15.5. The fourth-order valence-electron chi connectivity index (χ4n) is 4.33. The zero-order chi connectivity index (χ0) is 27.9. The first-order valence-corrected chi connectivity index (χ1v) is 13.5. The minimum atomic E-state index is -4.43. The highest BCUT2D eigenvalue weighted by Gasteiger charge is 2.27. The number of methoxy groups -OCH3 is 1. The molecule has 3 aromatic heterocycles. The average Bonchev–Trinajstić information content (AvgIpc) is 3.51. The van der Waals surface area contributed by atoms with Gasteiger partial charge < -0.3 is 19.4 Å². The van der Waals surface area contributed by atoms with Crippen molar-refractivity contribution < 1.29 is 26.7 Å². The van der Waals surface area contributed by atoms with Crippen LogP contribution >= 0.6 is 11.6 Å². The number of halogens is 3. The third kappa shape index (κ3) is 5.22. The van der Waals surface area contributed by atoms with Crippen molar-refractivity contribution >= 4 is 38.7 Å². The van der Waals surface area contributed by atoms with E-state index in [-0.39, 0.29) is 34.2 Å². The maximum absolute atomic E-state index is 15.5. The first-order chi connectivity index (χ1) is 18.6. The van der Waals surface area contributed by atoms with Gasteiger partial charge in [-0.3, -0.25) is 14.5 Å². The van der Waals surface area contributed by atoms with Gasteiger partial charge in [0.2, 0.25) is 5.88 Å². The van der Waals surface area contributed by atoms with Gasteiger partial charge in [0.05, 0.1) is 40.8 Å². The molecule has 1 aliphatic rings. The molecule has 1 amide bonds. The molecule has 1 fully saturated rings. The van der Waals surface area contributed by atoms with Gasteiger partial charge in [-0.1, -0.05) is 11.6 Å². The highest BCUT2D eigenvalue weighted by atomic mass is 35.5. The van der Waals surface area contributed by atoms with Gasteiger partial charge in [-0.05, 0) is 38.2 Å². The van der Waals surface area contributed by atoms with E-state index < -0.39 is 37.8 Å². The Hall–Kier alpha value is -3.88. The number of sulfonamides is 1. The number of benzene rings is 1. The SMILES string of the molecule is COc1ncc(Cl)cc1S(=O)(=O)Nc1ccc(F)c(-c2cn3cnc(C(=O)N[C@@H]4CCN(C)C4)c3cn2)c1F. The number of carbonyl (C=O) groups is 1. The molecule has 11 nitrogen and oxygen atoms in total. The van der Waals surface area contributed by atoms with Crippen LogP contribution in [0.15, 0.2) is 48.0 Å². The number of pyridine rings is 1. The van der Waals surface area contributed by atoms with Crippen molar-refractivity contribution in [2.24, 2.45) is 0 Å². The summed E-state index contributed by atoms with van der Waals surface area (Å²) in [6, 6.07) is 2.92. The topological polar surface area (TPSA) is 131 Å². The Morgan fingerprint density at radius 3 is 2.72 bits per heavy atom. The fourth-order valence-corrected chi connectivity index (χ4v) is 5.76. The van der Waals surface area contributed by atoms with E-state index in [2.05, 4.69) is 29.9 Å². The number of hydrogen-bond acceptors (Lipinski definition) is 8. The first-order valence-electron chi connectivity index (χ1n) is 11.6. The summed E-state index contributed by atoms with van der Waals surface area (Å²) in [4.78, 5) is 26.5. The lowest BCUT2D eigenvalue weighted by atomic mass is 10.1. The number of amides is 1. The second kappa shape index (κ2) is 10.4. The van der Waals surface area contributed by atoms with Crippen molar-refractivity contribution in [2.45, 2.75) is 17.4 Å². The van der Waals surface area contributed by atoms with Crippen LogP contribution in [0.25, 0.3) is 16.8 Å². The standard InChI is InChI=1S/C24H22ClF2N7O4S/c1-33-6-5-14(10-33)31-23(35)22-18-9-28-17(11-34(18)12-30-22)20-15(26)3-4-16(21(20)27)32-39(36,37)19-7-13(25)8-29-24(19)38-2/h3-4,7-9,11-12,14,32H,5-6,10H2,1-2H3,(H,31,35)/t14-/m1/s1. The van der Waals surface area contributed by atoms with Gasteiger partial charge in [0, 0.05) is 25.0 Å². The highest BCUT2D eigenvalue weighted by molar-refractivity contribution is 7.92. The normalized spacial score (nSPS) is 16.0. The number of hydrogen-bond donors (Lipinski definition) is 2. The van der Waals surface area contributed by atoms with Crippen molar-refractivity contribution in [1.29, 1.82) is 0 Å². The first kappa shape index (κ1) is 26.7. The van der Waals surface area contributed by atoms with Gasteiger partial charge in [-0.25, -0.2) is 27.2 Å². The molecular formula is C24H22ClF2N7O4S. The Morgan fingerprint density at radius 1 is 1.21 bits per heavy atom. The molecule has 0 saturated carbocycles. The fraction of sp³-hybridized carbons (Fsp3) is 0.250. The summed E-state index contributed by atoms with van der Waals surface area (Å²) in [7, 11) is -1.25. The molecule has 15 heteroatoms. The lowest BCUT2D eigenvalue weighted by Gasteiger charge is -2.14. The summed E-state index contributed by atoms with van der Waals surface area (Å²) in [5.74, 6) is -2.83. The molecule has 39 heavy (non-hydrogen) atoms. The zero-order valence-electron chi connectivity index (χ0n) is 20.7. The summed E-state index contributed by atoms with van der Waals surface area (Å²) >= 11 is 5.88. The molecule has 204 valence electrons. The molecule has 0 bridgehead atoms. The minimum absolute atomic E-state index is 0.0103. The van der Waals surface area contributed by atoms with Crippen LogP contribution in [0.3, 0.4) is 0 Å². The van der Waals surface area contributed by atoms with Crippen LogP contribution in [0.4, 0.5) is 14.5 Å². The number of carbonyl (C=O) groups excluding carboxylic acids is 1. The number of fused-ring (bicyclic) bond motifs is 1. The second-order valence-corrected chi connectivity index (χ2v) is 11.0. The van der Waals surface area contributed by atoms with Gasteiger partial charge in [-0.15, -0.1) is 0 Å². The number of ether oxygens (including phenoxy) is 1. The quantitative estimate of drug-likeness (QED) is 0.343. The number of likely N-dealkylation sites (N-methyl/N-ethyl adjacent to an activating group) is 1. The summed E-state index contributed by atoms with van der Waals surface area (Å²) in [6.07, 6.45) is 5.91. The summed E-state index contributed by atoms with van der Waals surface area (Å²) in [5.41, 5.74) is -0.817. The van der Waals surface area contributed by atoms with Crippen molar-refractivity contribution in [2.75, 3.05) is 32.0 Å². The molecular weight excluding hydrogens is 556 g/mol. The van der Waals surface area contributed by atoms with Crippen LogP contribution in [0.1, 0.15) is 16.9 Å². The van der Waals surface area contributed by atoms with E-state index in [1.54, 1.807) is 0 Å². The second-order valence-electron chi connectivity index (χ2n) is 8.93. The maximum Gasteiger partial charge on any atom is 0.272 e. The number of anilines is 1. The number of aromatic nitrogens is 4. The molecule has 0 unspecified atom stereocenters. The van der Waals surface area contributed by atoms with E-state index in [1.165, 1.54) is 36.4 Å². The predicted molar refractivity (Wildman–Crippen MR) is 138 cm³/mol. The molecule has 1 atom stereocenters. The Balaban J connectivity index is 1.46. The van der Waals surface area contributed by atoms with Crippen molar-refractivity contribution in [3.05, 3.63) is 65.5 Å². The van der Waals surface area contributed by atoms with Crippen LogP contribution in [-0.4, -0.2) is 71.9 Å². The van der Waals surface area contributed by atoms with Gasteiger partial charge >= 0.3 is 0 Å². The molecule has 1 aromatic carbocycles. The lowest BCUT2D eigenvalue weighted by molar-refractivity contribution is 0.0935. The summed E-state index contributed by atoms with van der Waals surface area (Å²) < 4.78 is 64.8. The van der Waals surface area contributed by atoms with Gasteiger partial charge in [0.25, 0.3) is 15.9 Å². The van der Waals surface area contributed by atoms with Crippen LogP contribution in [0.2, 0.25) is 5.02 Å². The third-order valence-electron chi connectivity index (χ3n) is 6.22. The van der Waals surface area contributed by atoms with Crippen LogP contribution in [-0.2, 0) is 10.0 Å². The third-order valence-corrected chi connectivity index (χ3v) is 7.79. The predicted octanol–water partition coefficient (Wildman–Crippen LogP) is 2.97. The molecule has 0 radical (unpaired) electrons. The summed E-state index contributed by atoms with van der Waals surface area (Å²) in [5, 5.41) is 2.94. The van der Waals surface area contributed by atoms with E-state index >= 15 is 4.39 Å². The number of rotatable bonds is 7. The van der Waals surface area contributed by atoms with Gasteiger partial charge in [-0.2, -0.15) is 0 Å². The summed E-state index contributed by atoms with van der Waals surface area (Å²) in [6.45, 7) is 1.59. The average molecular weight is 578 g/mol. The van der Waals surface area contributed by atoms with E-state index in [1.807, 2.05) is 7.05 Å². The number of nitrogens with zero attached hydrogens (tertiary/aromatic N) is 5. The molecule has 4 heterocycles. The van der Waals surface area contributed by atoms with Gasteiger partial charge in [0.1, 0.15) is 12.1 Å². The Bertz CT molecular complexity index is 1700. The monoisotopic (exact) mass is 577 g/mol. The van der Waals surface area contributed by atoms with Crippen molar-refractivity contribution in [3.63, 3.8) is 0 Å². The Kier molecular flexibility index (Phi) is 7.09. The Labute approximate surface area is 226 Å². The van der Waals surface area contributed by atoms with E-state index in [9.17, 15) is 17.6 Å². The largest absolute Gasteiger partial charge is 0.480 e. The number of nitrogens with one attached hydrogen (secondary N) is 2. The molecule has 0 aliphatic carbocycles. The molecule has 4 aromatic rings. The number of likely N-dealkylation sites (tertiary alicyclic amines) is 1. The van der Waals surface area contributed by atoms with E-state index in [4.69, 9.17) is 16.3 Å². The van der Waals surface area contributed by atoms with E-state index in [0.717, 1.165) is 37.7 Å². The van der Waals surface area contributed by atoms with Gasteiger partial charge in [0.15, 0.2) is 16.4 Å². The van der Waals surface area contributed by atoms with Crippen LogP contribution < -0.4 is 14.8 Å². The van der Waals surface area contributed by atoms with Crippen molar-refractivity contribution in [1.82, 2.24) is 29.6 Å². The molecule has 2 N–H and O–H groups in total. The molecule has 1 aliphatic heterocycles.